The summed E-state index contributed by atoms with van der Waals surface area (Å²) < 4.78 is 0. The van der Waals surface area contributed by atoms with Gasteiger partial charge in [-0.25, -0.2) is 0 Å². The summed E-state index contributed by atoms with van der Waals surface area (Å²) in [4.78, 5) is 0. The van der Waals surface area contributed by atoms with E-state index < -0.39 is 0 Å². The van der Waals surface area contributed by atoms with Crippen molar-refractivity contribution in [3.63, 3.8) is 0 Å². The topological polar surface area (TPSA) is 24.1 Å². The number of hydrogen-bond acceptors (Lipinski definition) is 2. The Labute approximate surface area is 140 Å². The molecular weight excluding hydrogens is 267 g/mol. The quantitative estimate of drug-likeness (QED) is 0.448. The molecule has 1 aliphatic heterocycles. The molecule has 1 fully saturated rings. The molecular formula is C19H40BN2. The van der Waals surface area contributed by atoms with Crippen molar-refractivity contribution in [3.8, 4) is 0 Å². The smallest absolute Gasteiger partial charge is 0.117 e. The third-order valence-corrected chi connectivity index (χ3v) is 5.10. The fraction of sp³-hybridized carbons (Fsp3) is 1.00. The van der Waals surface area contributed by atoms with Crippen LogP contribution < -0.4 is 10.6 Å². The fourth-order valence-corrected chi connectivity index (χ4v) is 3.50. The molecule has 1 unspecified atom stereocenters. The van der Waals surface area contributed by atoms with E-state index in [1.54, 1.807) is 0 Å². The highest BCUT2D eigenvalue weighted by molar-refractivity contribution is 6.39. The number of rotatable bonds is 10. The Balaban J connectivity index is 2.04. The van der Waals surface area contributed by atoms with E-state index in [0.29, 0.717) is 5.31 Å². The lowest BCUT2D eigenvalue weighted by Crippen LogP contribution is -2.23. The summed E-state index contributed by atoms with van der Waals surface area (Å²) in [5.41, 5.74) is 0. The monoisotopic (exact) mass is 307 g/mol. The Morgan fingerprint density at radius 2 is 1.64 bits per heavy atom. The van der Waals surface area contributed by atoms with Crippen molar-refractivity contribution >= 4 is 7.28 Å². The van der Waals surface area contributed by atoms with Crippen molar-refractivity contribution in [2.45, 2.75) is 96.1 Å². The van der Waals surface area contributed by atoms with Gasteiger partial charge in [-0.05, 0) is 51.9 Å². The lowest BCUT2D eigenvalue weighted by Gasteiger charge is -2.30. The summed E-state index contributed by atoms with van der Waals surface area (Å²) in [6.07, 6.45) is 16.3. The summed E-state index contributed by atoms with van der Waals surface area (Å²) in [7, 11) is 2.66. The van der Waals surface area contributed by atoms with Crippen molar-refractivity contribution in [2.75, 3.05) is 26.2 Å². The van der Waals surface area contributed by atoms with Gasteiger partial charge in [-0.2, -0.15) is 0 Å². The Morgan fingerprint density at radius 1 is 0.909 bits per heavy atom. The summed E-state index contributed by atoms with van der Waals surface area (Å²) in [5, 5.41) is 7.65. The van der Waals surface area contributed by atoms with Gasteiger partial charge in [-0.15, -0.1) is 0 Å². The molecule has 1 rings (SSSR count). The first-order valence-electron chi connectivity index (χ1n) is 10.0. The van der Waals surface area contributed by atoms with Crippen molar-refractivity contribution in [1.29, 1.82) is 0 Å². The maximum Gasteiger partial charge on any atom is 0.117 e. The average Bonchev–Trinajstić information content (AvgIpc) is 2.52. The van der Waals surface area contributed by atoms with Gasteiger partial charge in [0.2, 0.25) is 0 Å². The van der Waals surface area contributed by atoms with Crippen LogP contribution in [0.4, 0.5) is 0 Å². The normalized spacial score (nSPS) is 24.1. The largest absolute Gasteiger partial charge is 0.317 e. The highest BCUT2D eigenvalue weighted by atomic mass is 14.8. The number of unbranched alkanes of at least 4 members (excludes halogenated alkanes) is 3. The highest BCUT2D eigenvalue weighted by Gasteiger charge is 2.23. The summed E-state index contributed by atoms with van der Waals surface area (Å²) in [6.45, 7) is 9.63. The predicted octanol–water partition coefficient (Wildman–Crippen LogP) is 4.79. The Kier molecular flexibility index (Phi) is 12.2. The number of hydrogen-bond donors (Lipinski definition) is 2. The molecule has 1 heterocycles. The van der Waals surface area contributed by atoms with Gasteiger partial charge in [-0.1, -0.05) is 70.4 Å². The zero-order chi connectivity index (χ0) is 15.9. The second-order valence-electron chi connectivity index (χ2n) is 7.48. The van der Waals surface area contributed by atoms with Crippen LogP contribution in [0.1, 0.15) is 84.5 Å². The summed E-state index contributed by atoms with van der Waals surface area (Å²) in [6, 6.07) is 0. The van der Waals surface area contributed by atoms with Crippen LogP contribution in [0.25, 0.3) is 0 Å². The van der Waals surface area contributed by atoms with Gasteiger partial charge < -0.3 is 10.6 Å². The standard InChI is InChI=1S/C19H40BN2/c1-3-4-8-15-21-17-10-7-14-20-19(2)12-6-5-9-16-22-18-11-13-19/h21-22H,3-18H2,1-2H3. The van der Waals surface area contributed by atoms with Gasteiger partial charge in [0.1, 0.15) is 7.28 Å². The van der Waals surface area contributed by atoms with Crippen LogP contribution in [0.3, 0.4) is 0 Å². The molecule has 1 atom stereocenters. The molecule has 0 amide bonds. The second-order valence-corrected chi connectivity index (χ2v) is 7.48. The van der Waals surface area contributed by atoms with Crippen LogP contribution in [0.5, 0.6) is 0 Å². The van der Waals surface area contributed by atoms with Gasteiger partial charge in [-0.3, -0.25) is 0 Å². The molecule has 0 spiro atoms. The Bertz CT molecular complexity index is 236. The Morgan fingerprint density at radius 3 is 2.45 bits per heavy atom. The van der Waals surface area contributed by atoms with Gasteiger partial charge in [0.15, 0.2) is 0 Å². The zero-order valence-electron chi connectivity index (χ0n) is 15.4. The van der Waals surface area contributed by atoms with E-state index in [4.69, 9.17) is 0 Å². The predicted molar refractivity (Wildman–Crippen MR) is 101 cm³/mol. The second kappa shape index (κ2) is 13.4. The summed E-state index contributed by atoms with van der Waals surface area (Å²) >= 11 is 0. The van der Waals surface area contributed by atoms with E-state index in [0.717, 1.165) is 0 Å². The molecule has 0 aliphatic carbocycles. The minimum Gasteiger partial charge on any atom is -0.317 e. The van der Waals surface area contributed by atoms with Crippen molar-refractivity contribution in [1.82, 2.24) is 10.6 Å². The van der Waals surface area contributed by atoms with E-state index in [9.17, 15) is 0 Å². The molecule has 0 aromatic rings. The lowest BCUT2D eigenvalue weighted by atomic mass is 9.47. The van der Waals surface area contributed by atoms with Crippen LogP contribution in [0.2, 0.25) is 11.6 Å². The zero-order valence-corrected chi connectivity index (χ0v) is 15.4. The molecule has 0 saturated carbocycles. The molecule has 1 aliphatic rings. The molecule has 1 saturated heterocycles. The van der Waals surface area contributed by atoms with Gasteiger partial charge in [0.05, 0.1) is 0 Å². The van der Waals surface area contributed by atoms with Crippen LogP contribution in [0, 0.1) is 0 Å². The van der Waals surface area contributed by atoms with E-state index in [1.165, 1.54) is 103 Å². The minimum atomic E-state index is 0.494. The highest BCUT2D eigenvalue weighted by Crippen LogP contribution is 2.38. The SMILES string of the molecule is CCCCCNCCCC[B]C1(C)CCCCCNCCC1. The van der Waals surface area contributed by atoms with Gasteiger partial charge >= 0.3 is 0 Å². The summed E-state index contributed by atoms with van der Waals surface area (Å²) in [5.74, 6) is 0. The van der Waals surface area contributed by atoms with Gasteiger partial charge in [0, 0.05) is 0 Å². The first-order chi connectivity index (χ1) is 10.8. The minimum absolute atomic E-state index is 0.494. The van der Waals surface area contributed by atoms with Crippen LogP contribution in [0.15, 0.2) is 0 Å². The third-order valence-electron chi connectivity index (χ3n) is 5.10. The van der Waals surface area contributed by atoms with Crippen molar-refractivity contribution in [2.24, 2.45) is 0 Å². The fourth-order valence-electron chi connectivity index (χ4n) is 3.50. The Hall–Kier alpha value is -0.0151. The lowest BCUT2D eigenvalue weighted by molar-refractivity contribution is 0.432. The van der Waals surface area contributed by atoms with E-state index in [1.807, 2.05) is 0 Å². The first-order valence-corrected chi connectivity index (χ1v) is 10.0. The first kappa shape index (κ1) is 20.0. The molecule has 0 aromatic carbocycles. The van der Waals surface area contributed by atoms with E-state index >= 15 is 0 Å². The third kappa shape index (κ3) is 10.7. The molecule has 3 heteroatoms. The van der Waals surface area contributed by atoms with Crippen molar-refractivity contribution in [3.05, 3.63) is 0 Å². The van der Waals surface area contributed by atoms with E-state index in [-0.39, 0.29) is 0 Å². The molecule has 129 valence electrons. The van der Waals surface area contributed by atoms with Gasteiger partial charge in [0.25, 0.3) is 0 Å². The number of nitrogens with one attached hydrogen (secondary N) is 2. The van der Waals surface area contributed by atoms with Crippen molar-refractivity contribution < 1.29 is 0 Å². The molecule has 2 N–H and O–H groups in total. The van der Waals surface area contributed by atoms with E-state index in [2.05, 4.69) is 31.8 Å². The maximum absolute atomic E-state index is 3.58. The molecule has 2 nitrogen and oxygen atoms in total. The molecule has 22 heavy (non-hydrogen) atoms. The van der Waals surface area contributed by atoms with Crippen LogP contribution >= 0.6 is 0 Å². The molecule has 0 bridgehead atoms. The average molecular weight is 307 g/mol. The molecule has 0 aromatic heterocycles. The molecule has 1 radical (unpaired) electrons. The maximum atomic E-state index is 3.58. The van der Waals surface area contributed by atoms with Crippen LogP contribution in [-0.4, -0.2) is 33.5 Å². The van der Waals surface area contributed by atoms with Crippen LogP contribution in [-0.2, 0) is 0 Å².